The quantitative estimate of drug-likeness (QED) is 0.552. The topological polar surface area (TPSA) is 44.4 Å². The lowest BCUT2D eigenvalue weighted by molar-refractivity contribution is -0.121. The zero-order valence-electron chi connectivity index (χ0n) is 7.76. The van der Waals surface area contributed by atoms with E-state index in [2.05, 4.69) is 10.7 Å². The molecule has 1 amide bonds. The Hall–Kier alpha value is -0.610. The average Bonchev–Trinajstić information content (AvgIpc) is 2.80. The lowest BCUT2D eigenvalue weighted by Crippen LogP contribution is -2.40. The van der Waals surface area contributed by atoms with Gasteiger partial charge in [-0.25, -0.2) is 5.43 Å². The number of rotatable bonds is 5. The van der Waals surface area contributed by atoms with Crippen LogP contribution in [0.5, 0.6) is 0 Å². The van der Waals surface area contributed by atoms with Crippen LogP contribution in [0.2, 0.25) is 0 Å². The maximum atomic E-state index is 11.1. The Morgan fingerprint density at radius 2 is 2.17 bits per heavy atom. The number of hydrogen-bond donors (Lipinski definition) is 2. The molecule has 0 radical (unpaired) electrons. The minimum absolute atomic E-state index is 0.0793. The summed E-state index contributed by atoms with van der Waals surface area (Å²) in [5.41, 5.74) is 2.91. The third-order valence-electron chi connectivity index (χ3n) is 1.84. The maximum absolute atomic E-state index is 11.1. The van der Waals surface area contributed by atoms with E-state index >= 15 is 0 Å². The van der Waals surface area contributed by atoms with Crippen molar-refractivity contribution in [3.63, 3.8) is 0 Å². The molecule has 12 heavy (non-hydrogen) atoms. The molecule has 1 aliphatic carbocycles. The molecule has 0 unspecified atom stereocenters. The summed E-state index contributed by atoms with van der Waals surface area (Å²) in [4.78, 5) is 11.1. The average molecular weight is 171 g/mol. The number of carbonyl (C=O) groups is 1. The van der Waals surface area contributed by atoms with Crippen LogP contribution in [-0.4, -0.2) is 38.1 Å². The molecule has 0 saturated heterocycles. The zero-order valence-corrected chi connectivity index (χ0v) is 7.76. The van der Waals surface area contributed by atoms with E-state index in [4.69, 9.17) is 0 Å². The van der Waals surface area contributed by atoms with Crippen molar-refractivity contribution in [2.75, 3.05) is 27.2 Å². The van der Waals surface area contributed by atoms with Gasteiger partial charge in [0.25, 0.3) is 0 Å². The third-order valence-corrected chi connectivity index (χ3v) is 1.84. The van der Waals surface area contributed by atoms with Gasteiger partial charge in [0.2, 0.25) is 5.91 Å². The summed E-state index contributed by atoms with van der Waals surface area (Å²) in [5, 5.41) is 4.65. The lowest BCUT2D eigenvalue weighted by Gasteiger charge is -2.11. The van der Waals surface area contributed by atoms with E-state index in [0.717, 1.165) is 12.5 Å². The number of nitrogens with one attached hydrogen (secondary N) is 2. The monoisotopic (exact) mass is 171 g/mol. The standard InChI is InChI=1S/C8H17N3O/c1-11(2)10-6-8(12)9-5-7-3-4-7/h7,10H,3-6H2,1-2H3,(H,9,12). The molecule has 0 bridgehead atoms. The van der Waals surface area contributed by atoms with E-state index in [1.54, 1.807) is 5.01 Å². The predicted molar refractivity (Wildman–Crippen MR) is 47.4 cm³/mol. The van der Waals surface area contributed by atoms with Crippen LogP contribution in [0, 0.1) is 5.92 Å². The van der Waals surface area contributed by atoms with E-state index in [9.17, 15) is 4.79 Å². The molecule has 0 spiro atoms. The Bertz CT molecular complexity index is 146. The van der Waals surface area contributed by atoms with Crippen molar-refractivity contribution in [2.24, 2.45) is 5.92 Å². The lowest BCUT2D eigenvalue weighted by atomic mass is 10.4. The first-order valence-corrected chi connectivity index (χ1v) is 4.36. The summed E-state index contributed by atoms with van der Waals surface area (Å²) in [6.07, 6.45) is 2.56. The normalized spacial score (nSPS) is 16.6. The number of hydrazine groups is 1. The second-order valence-corrected chi connectivity index (χ2v) is 3.48. The third kappa shape index (κ3) is 4.31. The summed E-state index contributed by atoms with van der Waals surface area (Å²) >= 11 is 0. The van der Waals surface area contributed by atoms with Gasteiger partial charge in [0.05, 0.1) is 6.54 Å². The molecule has 4 nitrogen and oxygen atoms in total. The highest BCUT2D eigenvalue weighted by molar-refractivity contribution is 5.77. The second kappa shape index (κ2) is 4.42. The molecule has 0 heterocycles. The fraction of sp³-hybridized carbons (Fsp3) is 0.875. The van der Waals surface area contributed by atoms with Gasteiger partial charge in [-0.15, -0.1) is 0 Å². The van der Waals surface area contributed by atoms with Crippen LogP contribution in [0.3, 0.4) is 0 Å². The van der Waals surface area contributed by atoms with Crippen LogP contribution in [0.4, 0.5) is 0 Å². The van der Waals surface area contributed by atoms with Crippen molar-refractivity contribution in [1.29, 1.82) is 0 Å². The second-order valence-electron chi connectivity index (χ2n) is 3.48. The summed E-state index contributed by atoms with van der Waals surface area (Å²) in [7, 11) is 3.74. The molecule has 0 aromatic rings. The Morgan fingerprint density at radius 1 is 1.50 bits per heavy atom. The molecule has 0 aromatic carbocycles. The molecule has 70 valence electrons. The van der Waals surface area contributed by atoms with E-state index in [1.807, 2.05) is 14.1 Å². The van der Waals surface area contributed by atoms with Gasteiger partial charge in [0.15, 0.2) is 0 Å². The maximum Gasteiger partial charge on any atom is 0.235 e. The number of amides is 1. The number of hydrogen-bond acceptors (Lipinski definition) is 3. The zero-order chi connectivity index (χ0) is 8.97. The molecule has 1 fully saturated rings. The van der Waals surface area contributed by atoms with E-state index in [-0.39, 0.29) is 5.91 Å². The molecule has 1 aliphatic rings. The Kier molecular flexibility index (Phi) is 3.49. The Morgan fingerprint density at radius 3 is 2.67 bits per heavy atom. The van der Waals surface area contributed by atoms with E-state index in [1.165, 1.54) is 12.8 Å². The van der Waals surface area contributed by atoms with Crippen LogP contribution in [0.15, 0.2) is 0 Å². The van der Waals surface area contributed by atoms with Crippen LogP contribution >= 0.6 is 0 Å². The summed E-state index contributed by atoms with van der Waals surface area (Å²) < 4.78 is 0. The van der Waals surface area contributed by atoms with Gasteiger partial charge in [-0.3, -0.25) is 9.80 Å². The fourth-order valence-corrected chi connectivity index (χ4v) is 0.873. The van der Waals surface area contributed by atoms with Crippen molar-refractivity contribution >= 4 is 5.91 Å². The van der Waals surface area contributed by atoms with E-state index in [0.29, 0.717) is 6.54 Å². The summed E-state index contributed by atoms with van der Waals surface area (Å²) in [6, 6.07) is 0. The Balaban J connectivity index is 1.95. The van der Waals surface area contributed by atoms with Gasteiger partial charge >= 0.3 is 0 Å². The summed E-state index contributed by atoms with van der Waals surface area (Å²) in [6.45, 7) is 1.23. The highest BCUT2D eigenvalue weighted by Gasteiger charge is 2.21. The fourth-order valence-electron chi connectivity index (χ4n) is 0.873. The molecule has 2 N–H and O–H groups in total. The molecule has 1 saturated carbocycles. The first-order chi connectivity index (χ1) is 5.68. The van der Waals surface area contributed by atoms with Gasteiger partial charge in [-0.2, -0.15) is 0 Å². The molecule has 0 aromatic heterocycles. The predicted octanol–water partition coefficient (Wildman–Crippen LogP) is -0.421. The smallest absolute Gasteiger partial charge is 0.235 e. The van der Waals surface area contributed by atoms with Gasteiger partial charge < -0.3 is 5.32 Å². The highest BCUT2D eigenvalue weighted by Crippen LogP contribution is 2.27. The van der Waals surface area contributed by atoms with Crippen LogP contribution in [0.25, 0.3) is 0 Å². The van der Waals surface area contributed by atoms with Gasteiger partial charge in [0, 0.05) is 20.6 Å². The largest absolute Gasteiger partial charge is 0.355 e. The molecular formula is C8H17N3O. The van der Waals surface area contributed by atoms with Crippen molar-refractivity contribution in [3.8, 4) is 0 Å². The van der Waals surface area contributed by atoms with Crippen molar-refractivity contribution in [3.05, 3.63) is 0 Å². The first kappa shape index (κ1) is 9.48. The van der Waals surface area contributed by atoms with Crippen LogP contribution in [0.1, 0.15) is 12.8 Å². The molecular weight excluding hydrogens is 154 g/mol. The SMILES string of the molecule is CN(C)NCC(=O)NCC1CC1. The van der Waals surface area contributed by atoms with Crippen molar-refractivity contribution in [1.82, 2.24) is 15.8 Å². The molecule has 0 aliphatic heterocycles. The Labute approximate surface area is 73.3 Å². The van der Waals surface area contributed by atoms with E-state index < -0.39 is 0 Å². The van der Waals surface area contributed by atoms with Crippen molar-refractivity contribution in [2.45, 2.75) is 12.8 Å². The molecule has 4 heteroatoms. The molecule has 1 rings (SSSR count). The molecule has 0 atom stereocenters. The van der Waals surface area contributed by atoms with Crippen LogP contribution < -0.4 is 10.7 Å². The summed E-state index contributed by atoms with van der Waals surface area (Å²) in [5.74, 6) is 0.837. The van der Waals surface area contributed by atoms with Gasteiger partial charge in [0.1, 0.15) is 0 Å². The highest BCUT2D eigenvalue weighted by atomic mass is 16.2. The minimum Gasteiger partial charge on any atom is -0.355 e. The number of carbonyl (C=O) groups excluding carboxylic acids is 1. The van der Waals surface area contributed by atoms with Crippen LogP contribution in [-0.2, 0) is 4.79 Å². The van der Waals surface area contributed by atoms with Gasteiger partial charge in [-0.05, 0) is 18.8 Å². The first-order valence-electron chi connectivity index (χ1n) is 4.36. The number of nitrogens with zero attached hydrogens (tertiary/aromatic N) is 1. The minimum atomic E-state index is 0.0793. The van der Waals surface area contributed by atoms with Gasteiger partial charge in [-0.1, -0.05) is 0 Å². The van der Waals surface area contributed by atoms with Crippen molar-refractivity contribution < 1.29 is 4.79 Å².